The quantitative estimate of drug-likeness (QED) is 0.430. The van der Waals surface area contributed by atoms with Crippen LogP contribution in [0.1, 0.15) is 0 Å². The van der Waals surface area contributed by atoms with E-state index in [1.54, 1.807) is 7.11 Å². The van der Waals surface area contributed by atoms with Gasteiger partial charge >= 0.3 is 7.60 Å². The van der Waals surface area contributed by atoms with Gasteiger partial charge < -0.3 is 24.0 Å². The average Bonchev–Trinajstić information content (AvgIpc) is 2.01. The van der Waals surface area contributed by atoms with Crippen LogP contribution in [0.3, 0.4) is 0 Å². The summed E-state index contributed by atoms with van der Waals surface area (Å²) >= 11 is 0. The molecule has 0 atom stereocenters. The van der Waals surface area contributed by atoms with Gasteiger partial charge in [-0.2, -0.15) is 0 Å². The maximum Gasteiger partial charge on any atom is 0.350 e. The van der Waals surface area contributed by atoms with Crippen molar-refractivity contribution in [2.24, 2.45) is 0 Å². The molecule has 0 aliphatic rings. The number of rotatable bonds is 8. The van der Waals surface area contributed by atoms with Crippen molar-refractivity contribution >= 4 is 7.60 Å². The Balaban J connectivity index is 3.04. The Kier molecular flexibility index (Phi) is 7.45. The highest BCUT2D eigenvalue weighted by molar-refractivity contribution is 7.51. The van der Waals surface area contributed by atoms with Gasteiger partial charge in [0.05, 0.1) is 26.4 Å². The molecule has 0 unspecified atom stereocenters. The van der Waals surface area contributed by atoms with Crippen LogP contribution in [0.4, 0.5) is 0 Å². The van der Waals surface area contributed by atoms with Crippen molar-refractivity contribution in [3.05, 3.63) is 0 Å². The van der Waals surface area contributed by atoms with Gasteiger partial charge in [0.1, 0.15) is 6.35 Å². The van der Waals surface area contributed by atoms with Gasteiger partial charge in [0, 0.05) is 7.11 Å². The van der Waals surface area contributed by atoms with E-state index in [1.165, 1.54) is 0 Å². The molecule has 0 aromatic heterocycles. The minimum Gasteiger partial charge on any atom is -0.382 e. The molecular formula is C6H15O6P. The van der Waals surface area contributed by atoms with Crippen LogP contribution in [0.2, 0.25) is 0 Å². The van der Waals surface area contributed by atoms with Crippen LogP contribution in [-0.4, -0.2) is 49.7 Å². The highest BCUT2D eigenvalue weighted by Gasteiger charge is 2.11. The van der Waals surface area contributed by atoms with Crippen molar-refractivity contribution in [3.8, 4) is 0 Å². The molecule has 0 rings (SSSR count). The maximum atomic E-state index is 10.3. The lowest BCUT2D eigenvalue weighted by molar-refractivity contribution is 0.0321. The Hall–Kier alpha value is 0.0300. The Morgan fingerprint density at radius 3 is 2.15 bits per heavy atom. The maximum absolute atomic E-state index is 10.3. The molecule has 80 valence electrons. The van der Waals surface area contributed by atoms with Gasteiger partial charge in [0.2, 0.25) is 0 Å². The predicted octanol–water partition coefficient (Wildman–Crippen LogP) is -0.199. The van der Waals surface area contributed by atoms with Crippen LogP contribution in [0.15, 0.2) is 0 Å². The lowest BCUT2D eigenvalue weighted by atomic mass is 10.7. The molecule has 6 nitrogen and oxygen atoms in total. The Labute approximate surface area is 77.0 Å². The molecular weight excluding hydrogens is 199 g/mol. The lowest BCUT2D eigenvalue weighted by Gasteiger charge is -2.06. The van der Waals surface area contributed by atoms with Gasteiger partial charge in [0.15, 0.2) is 0 Å². The molecule has 0 heterocycles. The standard InChI is InChI=1S/C6H15O6P/c1-10-2-3-11-4-5-12-6-13(7,8)9/h2-6H2,1H3,(H2,7,8,9). The van der Waals surface area contributed by atoms with Crippen LogP contribution in [0, 0.1) is 0 Å². The summed E-state index contributed by atoms with van der Waals surface area (Å²) in [5.41, 5.74) is 0. The van der Waals surface area contributed by atoms with Crippen molar-refractivity contribution in [2.45, 2.75) is 0 Å². The first-order valence-electron chi connectivity index (χ1n) is 3.75. The number of ether oxygens (including phenoxy) is 3. The second kappa shape index (κ2) is 7.44. The highest BCUT2D eigenvalue weighted by atomic mass is 31.2. The molecule has 0 radical (unpaired) electrons. The van der Waals surface area contributed by atoms with E-state index >= 15 is 0 Å². The fraction of sp³-hybridized carbons (Fsp3) is 1.00. The second-order valence-corrected chi connectivity index (χ2v) is 3.89. The molecule has 0 aliphatic carbocycles. The summed E-state index contributed by atoms with van der Waals surface area (Å²) in [6, 6.07) is 0. The molecule has 0 aliphatic heterocycles. The van der Waals surface area contributed by atoms with E-state index in [2.05, 4.69) is 4.74 Å². The second-order valence-electron chi connectivity index (χ2n) is 2.31. The van der Waals surface area contributed by atoms with E-state index < -0.39 is 13.9 Å². The molecule has 2 N–H and O–H groups in total. The van der Waals surface area contributed by atoms with E-state index in [0.717, 1.165) is 0 Å². The van der Waals surface area contributed by atoms with E-state index in [1.807, 2.05) is 0 Å². The molecule has 0 saturated carbocycles. The van der Waals surface area contributed by atoms with Crippen LogP contribution < -0.4 is 0 Å². The monoisotopic (exact) mass is 214 g/mol. The Morgan fingerprint density at radius 2 is 1.62 bits per heavy atom. The topological polar surface area (TPSA) is 85.2 Å². The van der Waals surface area contributed by atoms with Crippen LogP contribution in [0.25, 0.3) is 0 Å². The number of hydrogen-bond donors (Lipinski definition) is 2. The van der Waals surface area contributed by atoms with Crippen molar-refractivity contribution in [1.29, 1.82) is 0 Å². The summed E-state index contributed by atoms with van der Waals surface area (Å²) in [5, 5.41) is 0. The third-order valence-corrected chi connectivity index (χ3v) is 1.58. The van der Waals surface area contributed by atoms with E-state index in [-0.39, 0.29) is 6.61 Å². The smallest absolute Gasteiger partial charge is 0.350 e. The summed E-state index contributed by atoms with van der Waals surface area (Å²) in [5.74, 6) is 0. The fourth-order valence-electron chi connectivity index (χ4n) is 0.546. The van der Waals surface area contributed by atoms with E-state index in [0.29, 0.717) is 19.8 Å². The predicted molar refractivity (Wildman–Crippen MR) is 45.6 cm³/mol. The average molecular weight is 214 g/mol. The van der Waals surface area contributed by atoms with Crippen molar-refractivity contribution in [2.75, 3.05) is 39.9 Å². The SMILES string of the molecule is COCCOCCOCP(=O)(O)O. The molecule has 13 heavy (non-hydrogen) atoms. The first kappa shape index (κ1) is 13.0. The lowest BCUT2D eigenvalue weighted by Crippen LogP contribution is -2.08. The fourth-order valence-corrected chi connectivity index (χ4v) is 0.913. The third-order valence-electron chi connectivity index (χ3n) is 1.06. The minimum atomic E-state index is -4.03. The molecule has 7 heteroatoms. The zero-order valence-corrected chi connectivity index (χ0v) is 8.40. The Morgan fingerprint density at radius 1 is 1.08 bits per heavy atom. The van der Waals surface area contributed by atoms with Gasteiger partial charge in [-0.25, -0.2) is 0 Å². The van der Waals surface area contributed by atoms with Gasteiger partial charge in [-0.1, -0.05) is 0 Å². The third kappa shape index (κ3) is 12.0. The zero-order valence-electron chi connectivity index (χ0n) is 7.51. The first-order chi connectivity index (χ1) is 6.06. The molecule has 0 aromatic carbocycles. The van der Waals surface area contributed by atoms with Crippen molar-refractivity contribution < 1.29 is 28.6 Å². The molecule has 0 saturated heterocycles. The van der Waals surface area contributed by atoms with Crippen LogP contribution in [0.5, 0.6) is 0 Å². The Bertz CT molecular complexity index is 155. The number of methoxy groups -OCH3 is 1. The van der Waals surface area contributed by atoms with Crippen molar-refractivity contribution in [3.63, 3.8) is 0 Å². The van der Waals surface area contributed by atoms with E-state index in [4.69, 9.17) is 19.3 Å². The minimum absolute atomic E-state index is 0.175. The number of hydrogen-bond acceptors (Lipinski definition) is 4. The summed E-state index contributed by atoms with van der Waals surface area (Å²) in [6.07, 6.45) is -0.555. The molecule has 0 amide bonds. The van der Waals surface area contributed by atoms with Crippen LogP contribution >= 0.6 is 7.60 Å². The highest BCUT2D eigenvalue weighted by Crippen LogP contribution is 2.33. The van der Waals surface area contributed by atoms with Gasteiger partial charge in [-0.05, 0) is 0 Å². The van der Waals surface area contributed by atoms with Gasteiger partial charge in [0.25, 0.3) is 0 Å². The van der Waals surface area contributed by atoms with Gasteiger partial charge in [-0.3, -0.25) is 4.57 Å². The largest absolute Gasteiger partial charge is 0.382 e. The molecule has 0 bridgehead atoms. The summed E-state index contributed by atoms with van der Waals surface area (Å²) < 4.78 is 24.6. The van der Waals surface area contributed by atoms with E-state index in [9.17, 15) is 4.57 Å². The molecule has 0 spiro atoms. The normalized spacial score (nSPS) is 11.9. The summed E-state index contributed by atoms with van der Waals surface area (Å²) in [7, 11) is -2.47. The summed E-state index contributed by atoms with van der Waals surface area (Å²) in [6.45, 7) is 1.44. The zero-order chi connectivity index (χ0) is 10.2. The molecule has 0 aromatic rings. The summed E-state index contributed by atoms with van der Waals surface area (Å²) in [4.78, 5) is 16.8. The van der Waals surface area contributed by atoms with Gasteiger partial charge in [-0.15, -0.1) is 0 Å². The van der Waals surface area contributed by atoms with Crippen molar-refractivity contribution in [1.82, 2.24) is 0 Å². The first-order valence-corrected chi connectivity index (χ1v) is 5.55. The molecule has 0 fully saturated rings. The van der Waals surface area contributed by atoms with Crippen LogP contribution in [-0.2, 0) is 18.8 Å².